The van der Waals surface area contributed by atoms with Crippen LogP contribution in [0.3, 0.4) is 0 Å². The Balaban J connectivity index is 1.83. The third-order valence-electron chi connectivity index (χ3n) is 3.09. The van der Waals surface area contributed by atoms with Gasteiger partial charge in [-0.25, -0.2) is 9.37 Å². The normalized spacial score (nSPS) is 10.5. The minimum atomic E-state index is -0.451. The van der Waals surface area contributed by atoms with Gasteiger partial charge in [0.05, 0.1) is 0 Å². The number of pyridine rings is 1. The van der Waals surface area contributed by atoms with Gasteiger partial charge in [-0.2, -0.15) is 0 Å². The molecule has 5 heteroatoms. The molecule has 0 radical (unpaired) electrons. The van der Waals surface area contributed by atoms with Crippen molar-refractivity contribution in [2.45, 2.75) is 6.54 Å². The summed E-state index contributed by atoms with van der Waals surface area (Å²) in [7, 11) is 0. The highest BCUT2D eigenvalue weighted by atomic mass is 32.1. The van der Waals surface area contributed by atoms with Crippen LogP contribution in [0, 0.1) is 5.82 Å². The summed E-state index contributed by atoms with van der Waals surface area (Å²) in [6.07, 6.45) is 1.71. The van der Waals surface area contributed by atoms with Crippen molar-refractivity contribution in [3.05, 3.63) is 65.4 Å². The van der Waals surface area contributed by atoms with E-state index in [9.17, 15) is 9.50 Å². The summed E-state index contributed by atoms with van der Waals surface area (Å²) in [5, 5.41) is 14.9. The van der Waals surface area contributed by atoms with Gasteiger partial charge in [0.15, 0.2) is 0 Å². The molecule has 0 bridgehead atoms. The second-order valence-electron chi connectivity index (χ2n) is 4.50. The van der Waals surface area contributed by atoms with E-state index in [1.54, 1.807) is 23.6 Å². The molecule has 0 aliphatic carbocycles. The van der Waals surface area contributed by atoms with E-state index in [4.69, 9.17) is 0 Å². The van der Waals surface area contributed by atoms with Crippen LogP contribution in [0.5, 0.6) is 5.75 Å². The number of phenols is 1. The fourth-order valence-corrected chi connectivity index (χ4v) is 2.79. The molecule has 3 aromatic rings. The number of halogens is 1. The summed E-state index contributed by atoms with van der Waals surface area (Å²) >= 11 is 1.64. The Morgan fingerprint density at radius 3 is 2.86 bits per heavy atom. The molecule has 1 aromatic carbocycles. The molecule has 2 heterocycles. The molecule has 0 saturated heterocycles. The topological polar surface area (TPSA) is 45.1 Å². The Bertz CT molecular complexity index is 744. The molecular weight excluding hydrogens is 287 g/mol. The summed E-state index contributed by atoms with van der Waals surface area (Å²) in [6.45, 7) is 0.376. The minimum Gasteiger partial charge on any atom is -0.507 e. The number of nitrogens with one attached hydrogen (secondary N) is 1. The largest absolute Gasteiger partial charge is 0.507 e. The van der Waals surface area contributed by atoms with Crippen molar-refractivity contribution < 1.29 is 9.50 Å². The van der Waals surface area contributed by atoms with Gasteiger partial charge in [-0.15, -0.1) is 11.3 Å². The molecule has 0 fully saturated rings. The zero-order valence-electron chi connectivity index (χ0n) is 11.1. The first-order valence-electron chi connectivity index (χ1n) is 6.44. The second-order valence-corrected chi connectivity index (χ2v) is 5.45. The predicted molar refractivity (Wildman–Crippen MR) is 82.9 cm³/mol. The average molecular weight is 300 g/mol. The van der Waals surface area contributed by atoms with E-state index in [0.717, 1.165) is 22.3 Å². The molecule has 106 valence electrons. The molecule has 0 spiro atoms. The van der Waals surface area contributed by atoms with Crippen LogP contribution in [0.2, 0.25) is 0 Å². The Hall–Kier alpha value is -2.40. The van der Waals surface area contributed by atoms with Crippen molar-refractivity contribution in [2.75, 3.05) is 5.32 Å². The highest BCUT2D eigenvalue weighted by molar-refractivity contribution is 7.13. The van der Waals surface area contributed by atoms with E-state index in [-0.39, 0.29) is 5.75 Å². The number of anilines is 1. The first kappa shape index (κ1) is 13.6. The van der Waals surface area contributed by atoms with E-state index >= 15 is 0 Å². The number of nitrogens with zero attached hydrogens (tertiary/aromatic N) is 1. The second kappa shape index (κ2) is 5.93. The molecule has 2 N–H and O–H groups in total. The van der Waals surface area contributed by atoms with Gasteiger partial charge in [0.25, 0.3) is 0 Å². The monoisotopic (exact) mass is 300 g/mol. The molecule has 2 aromatic heterocycles. The maximum absolute atomic E-state index is 13.0. The van der Waals surface area contributed by atoms with Crippen LogP contribution >= 0.6 is 11.3 Å². The van der Waals surface area contributed by atoms with Gasteiger partial charge in [0, 0.05) is 34.8 Å². The molecule has 21 heavy (non-hydrogen) atoms. The van der Waals surface area contributed by atoms with E-state index in [0.29, 0.717) is 12.1 Å². The van der Waals surface area contributed by atoms with Gasteiger partial charge >= 0.3 is 0 Å². The fourth-order valence-electron chi connectivity index (χ4n) is 2.04. The van der Waals surface area contributed by atoms with E-state index in [2.05, 4.69) is 10.3 Å². The summed E-state index contributed by atoms with van der Waals surface area (Å²) in [5.74, 6) is 0.230. The Morgan fingerprint density at radius 1 is 1.19 bits per heavy atom. The molecule has 0 saturated carbocycles. The number of phenolic OH excluding ortho intramolecular Hbond substituents is 1. The third-order valence-corrected chi connectivity index (χ3v) is 3.99. The molecule has 3 rings (SSSR count). The molecule has 0 amide bonds. The molecule has 0 atom stereocenters. The van der Waals surface area contributed by atoms with Crippen LogP contribution in [-0.2, 0) is 6.54 Å². The predicted octanol–water partition coefficient (Wildman–Crippen LogP) is 4.27. The van der Waals surface area contributed by atoms with Crippen molar-refractivity contribution in [3.8, 4) is 16.2 Å². The number of rotatable bonds is 4. The first-order valence-corrected chi connectivity index (χ1v) is 7.32. The number of benzene rings is 1. The van der Waals surface area contributed by atoms with Gasteiger partial charge < -0.3 is 10.4 Å². The molecule has 0 unspecified atom stereocenters. The molecule has 0 aliphatic rings. The van der Waals surface area contributed by atoms with Gasteiger partial charge in [0.2, 0.25) is 0 Å². The van der Waals surface area contributed by atoms with Crippen LogP contribution in [-0.4, -0.2) is 10.1 Å². The van der Waals surface area contributed by atoms with Crippen LogP contribution < -0.4 is 5.32 Å². The van der Waals surface area contributed by atoms with Crippen molar-refractivity contribution in [1.82, 2.24) is 4.98 Å². The van der Waals surface area contributed by atoms with Crippen molar-refractivity contribution in [1.29, 1.82) is 0 Å². The van der Waals surface area contributed by atoms with Crippen LogP contribution in [0.15, 0.2) is 54.0 Å². The lowest BCUT2D eigenvalue weighted by atomic mass is 10.2. The van der Waals surface area contributed by atoms with Gasteiger partial charge in [-0.05, 0) is 29.6 Å². The maximum atomic E-state index is 13.0. The number of thiophene rings is 1. The zero-order valence-corrected chi connectivity index (χ0v) is 11.9. The zero-order chi connectivity index (χ0) is 14.7. The highest BCUT2D eigenvalue weighted by Gasteiger charge is 2.08. The standard InChI is InChI=1S/C16H13FN2OS/c17-12-6-5-11(14(20)9-12)10-19-16-13(3-1-7-18-16)15-4-2-8-21-15/h1-9,20H,10H2,(H,18,19). The van der Waals surface area contributed by atoms with Crippen LogP contribution in [0.4, 0.5) is 10.2 Å². The summed E-state index contributed by atoms with van der Waals surface area (Å²) < 4.78 is 13.0. The summed E-state index contributed by atoms with van der Waals surface area (Å²) in [5.41, 5.74) is 1.63. The van der Waals surface area contributed by atoms with Gasteiger partial charge in [-0.1, -0.05) is 12.1 Å². The molecule has 0 aliphatic heterocycles. The highest BCUT2D eigenvalue weighted by Crippen LogP contribution is 2.30. The molecule has 3 nitrogen and oxygen atoms in total. The minimum absolute atomic E-state index is 0.0592. The lowest BCUT2D eigenvalue weighted by molar-refractivity contribution is 0.463. The average Bonchev–Trinajstić information content (AvgIpc) is 3.01. The van der Waals surface area contributed by atoms with Gasteiger partial charge in [0.1, 0.15) is 17.4 Å². The number of aromatic hydroxyl groups is 1. The van der Waals surface area contributed by atoms with E-state index in [1.807, 2.05) is 29.6 Å². The quantitative estimate of drug-likeness (QED) is 0.756. The first-order chi connectivity index (χ1) is 10.2. The summed E-state index contributed by atoms with van der Waals surface area (Å²) in [6, 6.07) is 11.9. The maximum Gasteiger partial charge on any atom is 0.134 e. The van der Waals surface area contributed by atoms with Crippen molar-refractivity contribution >= 4 is 17.2 Å². The Kier molecular flexibility index (Phi) is 3.83. The van der Waals surface area contributed by atoms with Crippen LogP contribution in [0.25, 0.3) is 10.4 Å². The van der Waals surface area contributed by atoms with Gasteiger partial charge in [-0.3, -0.25) is 0 Å². The number of hydrogen-bond acceptors (Lipinski definition) is 4. The Labute approximate surface area is 125 Å². The lowest BCUT2D eigenvalue weighted by Gasteiger charge is -2.10. The van der Waals surface area contributed by atoms with E-state index in [1.165, 1.54) is 6.07 Å². The smallest absolute Gasteiger partial charge is 0.134 e. The van der Waals surface area contributed by atoms with Crippen LogP contribution in [0.1, 0.15) is 5.56 Å². The third kappa shape index (κ3) is 3.03. The number of aromatic nitrogens is 1. The summed E-state index contributed by atoms with van der Waals surface area (Å²) in [4.78, 5) is 5.46. The SMILES string of the molecule is Oc1cc(F)ccc1CNc1ncccc1-c1cccs1. The van der Waals surface area contributed by atoms with Crippen molar-refractivity contribution in [3.63, 3.8) is 0 Å². The fraction of sp³-hybridized carbons (Fsp3) is 0.0625. The Morgan fingerprint density at radius 2 is 2.10 bits per heavy atom. The van der Waals surface area contributed by atoms with E-state index < -0.39 is 5.82 Å². The van der Waals surface area contributed by atoms with Crippen molar-refractivity contribution in [2.24, 2.45) is 0 Å². The molecular formula is C16H13FN2OS. The number of hydrogen-bond donors (Lipinski definition) is 2. The lowest BCUT2D eigenvalue weighted by Crippen LogP contribution is -2.03.